The van der Waals surface area contributed by atoms with Gasteiger partial charge in [-0.1, -0.05) is 26.8 Å². The van der Waals surface area contributed by atoms with Crippen molar-refractivity contribution in [1.29, 1.82) is 0 Å². The first-order valence-corrected chi connectivity index (χ1v) is 7.85. The highest BCUT2D eigenvalue weighted by Crippen LogP contribution is 2.30. The molecule has 1 heterocycles. The van der Waals surface area contributed by atoms with Crippen molar-refractivity contribution in [2.24, 2.45) is 5.92 Å². The summed E-state index contributed by atoms with van der Waals surface area (Å²) >= 11 is 5.53. The van der Waals surface area contributed by atoms with E-state index in [-0.39, 0.29) is 6.04 Å². The van der Waals surface area contributed by atoms with E-state index in [0.717, 1.165) is 23.2 Å². The van der Waals surface area contributed by atoms with Gasteiger partial charge in [0.15, 0.2) is 4.77 Å². The number of para-hydroxylation sites is 1. The van der Waals surface area contributed by atoms with Crippen LogP contribution in [-0.2, 0) is 4.74 Å². The summed E-state index contributed by atoms with van der Waals surface area (Å²) < 4.78 is 14.1. The van der Waals surface area contributed by atoms with Crippen LogP contribution in [0.4, 0.5) is 0 Å². The molecule has 5 heteroatoms. The number of fused-ring (bicyclic) bond motifs is 1. The average Bonchev–Trinajstić information content (AvgIpc) is 2.79. The number of hydrogen-bond donors (Lipinski definition) is 1. The number of benzene rings is 1. The van der Waals surface area contributed by atoms with Gasteiger partial charge >= 0.3 is 0 Å². The molecule has 1 aromatic heterocycles. The van der Waals surface area contributed by atoms with Gasteiger partial charge in [0.05, 0.1) is 24.8 Å². The van der Waals surface area contributed by atoms with E-state index in [9.17, 15) is 0 Å². The Hall–Kier alpha value is -1.33. The number of methoxy groups -OCH3 is 1. The van der Waals surface area contributed by atoms with Crippen LogP contribution >= 0.6 is 12.2 Å². The van der Waals surface area contributed by atoms with E-state index in [4.69, 9.17) is 21.7 Å². The largest absolute Gasteiger partial charge is 0.491 e. The Bertz CT molecular complexity index is 645. The van der Waals surface area contributed by atoms with Gasteiger partial charge in [0, 0.05) is 7.11 Å². The average molecular weight is 308 g/mol. The van der Waals surface area contributed by atoms with Crippen molar-refractivity contribution in [3.05, 3.63) is 23.0 Å². The highest BCUT2D eigenvalue weighted by atomic mass is 32.1. The van der Waals surface area contributed by atoms with Gasteiger partial charge in [0.25, 0.3) is 0 Å². The minimum Gasteiger partial charge on any atom is -0.491 e. The third-order valence-corrected chi connectivity index (χ3v) is 3.91. The molecular weight excluding hydrogens is 284 g/mol. The number of rotatable bonds is 7. The molecule has 1 N–H and O–H groups in total. The summed E-state index contributed by atoms with van der Waals surface area (Å²) in [7, 11) is 1.73. The monoisotopic (exact) mass is 308 g/mol. The smallest absolute Gasteiger partial charge is 0.178 e. The summed E-state index contributed by atoms with van der Waals surface area (Å²) in [5.41, 5.74) is 2.04. The zero-order chi connectivity index (χ0) is 15.4. The second-order valence-electron chi connectivity index (χ2n) is 5.57. The van der Waals surface area contributed by atoms with E-state index in [1.165, 1.54) is 0 Å². The Morgan fingerprint density at radius 1 is 1.33 bits per heavy atom. The van der Waals surface area contributed by atoms with Crippen LogP contribution in [0.1, 0.15) is 33.2 Å². The zero-order valence-corrected chi connectivity index (χ0v) is 14.0. The Labute approximate surface area is 131 Å². The van der Waals surface area contributed by atoms with Gasteiger partial charge in [0.1, 0.15) is 11.3 Å². The lowest BCUT2D eigenvalue weighted by molar-refractivity contribution is 0.134. The topological polar surface area (TPSA) is 39.2 Å². The first-order valence-electron chi connectivity index (χ1n) is 7.45. The van der Waals surface area contributed by atoms with E-state index >= 15 is 0 Å². The van der Waals surface area contributed by atoms with Gasteiger partial charge in [0.2, 0.25) is 0 Å². The van der Waals surface area contributed by atoms with Gasteiger partial charge in [-0.05, 0) is 36.7 Å². The maximum atomic E-state index is 5.81. The number of hydrogen-bond acceptors (Lipinski definition) is 3. The minimum atomic E-state index is 0.206. The number of ether oxygens (including phenoxy) is 2. The van der Waals surface area contributed by atoms with Crippen LogP contribution < -0.4 is 4.74 Å². The summed E-state index contributed by atoms with van der Waals surface area (Å²) in [6.07, 6.45) is 0.982. The van der Waals surface area contributed by atoms with Crippen molar-refractivity contribution in [1.82, 2.24) is 9.55 Å². The summed E-state index contributed by atoms with van der Waals surface area (Å²) in [5.74, 6) is 1.29. The van der Waals surface area contributed by atoms with Crippen molar-refractivity contribution < 1.29 is 9.47 Å². The quantitative estimate of drug-likeness (QED) is 0.774. The summed E-state index contributed by atoms with van der Waals surface area (Å²) in [4.78, 5) is 3.30. The Kier molecular flexibility index (Phi) is 5.42. The van der Waals surface area contributed by atoms with Gasteiger partial charge in [-0.3, -0.25) is 0 Å². The lowest BCUT2D eigenvalue weighted by atomic mass is 10.1. The summed E-state index contributed by atoms with van der Waals surface area (Å²) in [6.45, 7) is 7.81. The number of nitrogens with one attached hydrogen (secondary N) is 1. The molecule has 0 aliphatic heterocycles. The molecular formula is C16H24N2O2S. The van der Waals surface area contributed by atoms with Crippen molar-refractivity contribution in [3.63, 3.8) is 0 Å². The molecule has 0 radical (unpaired) electrons. The number of imidazole rings is 1. The second-order valence-corrected chi connectivity index (χ2v) is 5.95. The van der Waals surface area contributed by atoms with Gasteiger partial charge in [-0.15, -0.1) is 0 Å². The van der Waals surface area contributed by atoms with Crippen molar-refractivity contribution >= 4 is 23.3 Å². The third-order valence-electron chi connectivity index (χ3n) is 3.61. The van der Waals surface area contributed by atoms with Gasteiger partial charge in [-0.25, -0.2) is 0 Å². The van der Waals surface area contributed by atoms with Crippen molar-refractivity contribution in [2.75, 3.05) is 20.3 Å². The molecule has 0 fully saturated rings. The van der Waals surface area contributed by atoms with E-state index in [1.54, 1.807) is 7.11 Å². The fourth-order valence-electron chi connectivity index (χ4n) is 2.52. The second kappa shape index (κ2) is 7.09. The molecule has 2 aromatic rings. The number of aromatic nitrogens is 2. The fourth-order valence-corrected chi connectivity index (χ4v) is 2.86. The Balaban J connectivity index is 2.54. The summed E-state index contributed by atoms with van der Waals surface area (Å²) in [6, 6.07) is 6.27. The molecule has 0 saturated carbocycles. The molecule has 4 nitrogen and oxygen atoms in total. The Morgan fingerprint density at radius 2 is 2.10 bits per heavy atom. The maximum Gasteiger partial charge on any atom is 0.178 e. The number of aromatic amines is 1. The zero-order valence-electron chi connectivity index (χ0n) is 13.2. The van der Waals surface area contributed by atoms with Crippen LogP contribution in [0.15, 0.2) is 18.2 Å². The normalized spacial score (nSPS) is 13.0. The van der Waals surface area contributed by atoms with Crippen molar-refractivity contribution in [2.45, 2.75) is 33.2 Å². The molecule has 0 bridgehead atoms. The van der Waals surface area contributed by atoms with E-state index < -0.39 is 0 Å². The minimum absolute atomic E-state index is 0.206. The van der Waals surface area contributed by atoms with Gasteiger partial charge < -0.3 is 19.0 Å². The molecule has 0 aliphatic carbocycles. The van der Waals surface area contributed by atoms with E-state index in [0.29, 0.717) is 23.9 Å². The van der Waals surface area contributed by atoms with Gasteiger partial charge in [-0.2, -0.15) is 0 Å². The fraction of sp³-hybridized carbons (Fsp3) is 0.562. The van der Waals surface area contributed by atoms with Crippen molar-refractivity contribution in [3.8, 4) is 5.75 Å². The molecule has 0 amide bonds. The standard InChI is InChI=1S/C16H24N2O2S/c1-5-9-20-14-8-6-7-12-15(14)17-16(21)18(12)13(10-19-4)11(2)3/h6-8,11,13H,5,9-10H2,1-4H3,(H,17,21). The predicted octanol–water partition coefficient (Wildman–Crippen LogP) is 4.33. The summed E-state index contributed by atoms with van der Waals surface area (Å²) in [5, 5.41) is 0. The molecule has 21 heavy (non-hydrogen) atoms. The first kappa shape index (κ1) is 16.0. The first-order chi connectivity index (χ1) is 10.1. The SMILES string of the molecule is CCCOc1cccc2c1[nH]c(=S)n2C(COC)C(C)C. The molecule has 0 aliphatic rings. The van der Waals surface area contributed by atoms with Crippen LogP contribution in [0.5, 0.6) is 5.75 Å². The third kappa shape index (κ3) is 3.30. The maximum absolute atomic E-state index is 5.81. The molecule has 1 unspecified atom stereocenters. The molecule has 0 spiro atoms. The van der Waals surface area contributed by atoms with Crippen LogP contribution in [0.3, 0.4) is 0 Å². The molecule has 0 saturated heterocycles. The van der Waals surface area contributed by atoms with Crippen LogP contribution in [0.25, 0.3) is 11.0 Å². The Morgan fingerprint density at radius 3 is 2.71 bits per heavy atom. The van der Waals surface area contributed by atoms with E-state index in [2.05, 4.69) is 36.4 Å². The number of nitrogens with zero attached hydrogens (tertiary/aromatic N) is 1. The lowest BCUT2D eigenvalue weighted by Gasteiger charge is -2.22. The molecule has 1 atom stereocenters. The van der Waals surface area contributed by atoms with Crippen LogP contribution in [0, 0.1) is 10.7 Å². The molecule has 1 aromatic carbocycles. The van der Waals surface area contributed by atoms with E-state index in [1.807, 2.05) is 12.1 Å². The number of H-pyrrole nitrogens is 1. The molecule has 116 valence electrons. The molecule has 2 rings (SSSR count). The van der Waals surface area contributed by atoms with Crippen LogP contribution in [0.2, 0.25) is 0 Å². The highest BCUT2D eigenvalue weighted by molar-refractivity contribution is 7.71. The van der Waals surface area contributed by atoms with Crippen LogP contribution in [-0.4, -0.2) is 29.9 Å². The highest BCUT2D eigenvalue weighted by Gasteiger charge is 2.20. The lowest BCUT2D eigenvalue weighted by Crippen LogP contribution is -2.20. The predicted molar refractivity (Wildman–Crippen MR) is 88.7 cm³/mol.